The van der Waals surface area contributed by atoms with Crippen molar-refractivity contribution in [2.45, 2.75) is 13.5 Å². The molecular weight excluding hydrogens is 343 g/mol. The summed E-state index contributed by atoms with van der Waals surface area (Å²) in [5.74, 6) is 0.792. The molecule has 0 aliphatic carbocycles. The van der Waals surface area contributed by atoms with Crippen molar-refractivity contribution >= 4 is 43.3 Å². The van der Waals surface area contributed by atoms with Gasteiger partial charge >= 0.3 is 135 Å². The number of hydrogen-bond donors (Lipinski definition) is 3. The fourth-order valence-corrected chi connectivity index (χ4v) is 2.91. The van der Waals surface area contributed by atoms with Gasteiger partial charge in [-0.1, -0.05) is 0 Å². The number of aromatic nitrogens is 3. The van der Waals surface area contributed by atoms with Crippen LogP contribution in [0.1, 0.15) is 16.7 Å². The molecule has 0 fully saturated rings. The molecule has 5 N–H and O–H groups in total. The molecule has 0 saturated heterocycles. The Morgan fingerprint density at radius 3 is 2.55 bits per heavy atom. The van der Waals surface area contributed by atoms with E-state index < -0.39 is 0 Å². The molecule has 2 aromatic heterocycles. The summed E-state index contributed by atoms with van der Waals surface area (Å²) in [7, 11) is 0. The molecule has 0 aliphatic rings. The van der Waals surface area contributed by atoms with Crippen LogP contribution in [0.2, 0.25) is 0 Å². The Labute approximate surface area is 135 Å². The molecule has 0 amide bonds. The molecule has 3 rings (SSSR count). The van der Waals surface area contributed by atoms with E-state index in [0.29, 0.717) is 34.8 Å². The number of rotatable bonds is 3. The number of fused-ring (bicyclic) bond motifs is 1. The van der Waals surface area contributed by atoms with Gasteiger partial charge in [-0.15, -0.1) is 0 Å². The second-order valence-electron chi connectivity index (χ2n) is 5.12. The van der Waals surface area contributed by atoms with Gasteiger partial charge in [0.2, 0.25) is 0 Å². The topological polar surface area (TPSA) is 107 Å². The monoisotopic (exact) mass is 359 g/mol. The van der Waals surface area contributed by atoms with Gasteiger partial charge in [-0.25, -0.2) is 0 Å². The van der Waals surface area contributed by atoms with Gasteiger partial charge in [0.1, 0.15) is 0 Å². The molecule has 0 bridgehead atoms. The first-order valence-corrected chi connectivity index (χ1v) is 7.54. The third kappa shape index (κ3) is 2.34. The van der Waals surface area contributed by atoms with Gasteiger partial charge < -0.3 is 0 Å². The first-order chi connectivity index (χ1) is 10.5. The zero-order chi connectivity index (χ0) is 15.9. The van der Waals surface area contributed by atoms with Gasteiger partial charge in [-0.3, -0.25) is 0 Å². The summed E-state index contributed by atoms with van der Waals surface area (Å²) in [4.78, 5) is 8.31. The predicted molar refractivity (Wildman–Crippen MR) is 89.2 cm³/mol. The van der Waals surface area contributed by atoms with Crippen LogP contribution in [0.25, 0.3) is 11.0 Å². The van der Waals surface area contributed by atoms with Gasteiger partial charge in [0.15, 0.2) is 0 Å². The second kappa shape index (κ2) is 5.44. The van der Waals surface area contributed by atoms with Crippen molar-refractivity contribution in [1.29, 1.82) is 5.41 Å². The number of nitrogens with zero attached hydrogens (tertiary/aromatic N) is 3. The normalized spacial score (nSPS) is 11.0. The maximum atomic E-state index is 7.92. The Kier molecular flexibility index (Phi) is 3.60. The molecule has 2 heterocycles. The number of nitrogen functional groups attached to an aromatic ring is 2. The van der Waals surface area contributed by atoms with Gasteiger partial charge in [-0.05, 0) is 0 Å². The Hall–Kier alpha value is -2.37. The first-order valence-electron chi connectivity index (χ1n) is 6.68. The Bertz CT molecular complexity index is 866. The number of nitrogens with two attached hydrogens (primary N) is 2. The fourth-order valence-electron chi connectivity index (χ4n) is 2.48. The zero-order valence-electron chi connectivity index (χ0n) is 12.0. The van der Waals surface area contributed by atoms with Crippen LogP contribution in [0.3, 0.4) is 0 Å². The molecule has 0 unspecified atom stereocenters. The molecule has 0 spiro atoms. The number of anilines is 2. The van der Waals surface area contributed by atoms with E-state index in [0.717, 1.165) is 5.56 Å². The summed E-state index contributed by atoms with van der Waals surface area (Å²) in [5.41, 5.74) is 15.7. The predicted octanol–water partition coefficient (Wildman–Crippen LogP) is 1.45. The molecule has 1 radical (unpaired) electrons. The molecule has 111 valence electrons. The van der Waals surface area contributed by atoms with Crippen molar-refractivity contribution in [3.05, 3.63) is 47.3 Å². The summed E-state index contributed by atoms with van der Waals surface area (Å²) >= 11 is 2.68. The van der Waals surface area contributed by atoms with Crippen molar-refractivity contribution in [3.63, 3.8) is 0 Å². The van der Waals surface area contributed by atoms with Crippen molar-refractivity contribution < 1.29 is 0 Å². The van der Waals surface area contributed by atoms with E-state index in [9.17, 15) is 0 Å². The van der Waals surface area contributed by atoms with E-state index in [2.05, 4.69) is 38.1 Å². The van der Waals surface area contributed by atoms with E-state index in [1.165, 1.54) is 11.9 Å². The van der Waals surface area contributed by atoms with Crippen LogP contribution < -0.4 is 11.5 Å². The SMILES string of the molecule is Cc1ccc(Cn2c(N)c(C(=N)[Se])c3c(N)ncnc32)cc1. The van der Waals surface area contributed by atoms with Crippen LogP contribution >= 0.6 is 0 Å². The molecule has 0 atom stereocenters. The summed E-state index contributed by atoms with van der Waals surface area (Å²) in [5, 5.41) is 8.54. The van der Waals surface area contributed by atoms with E-state index in [-0.39, 0.29) is 4.61 Å². The van der Waals surface area contributed by atoms with E-state index in [4.69, 9.17) is 16.9 Å². The first kappa shape index (κ1) is 14.6. The Morgan fingerprint density at radius 1 is 1.23 bits per heavy atom. The number of hydrogen-bond acceptors (Lipinski definition) is 5. The average molecular weight is 358 g/mol. The van der Waals surface area contributed by atoms with Crippen molar-refractivity contribution in [2.75, 3.05) is 11.5 Å². The summed E-state index contributed by atoms with van der Waals surface area (Å²) in [6, 6.07) is 8.21. The Morgan fingerprint density at radius 2 is 1.91 bits per heavy atom. The van der Waals surface area contributed by atoms with Crippen LogP contribution in [0.15, 0.2) is 30.6 Å². The van der Waals surface area contributed by atoms with Gasteiger partial charge in [0, 0.05) is 0 Å². The van der Waals surface area contributed by atoms with Crippen molar-refractivity contribution in [2.24, 2.45) is 0 Å². The third-order valence-corrected chi connectivity index (χ3v) is 4.03. The zero-order valence-corrected chi connectivity index (χ0v) is 13.7. The summed E-state index contributed by atoms with van der Waals surface area (Å²) < 4.78 is 2.09. The summed E-state index contributed by atoms with van der Waals surface area (Å²) in [6.07, 6.45) is 1.41. The molecule has 0 saturated carbocycles. The molecule has 22 heavy (non-hydrogen) atoms. The molecule has 1 aromatic carbocycles. The minimum atomic E-state index is 0.228. The quantitative estimate of drug-likeness (QED) is 0.487. The van der Waals surface area contributed by atoms with Crippen molar-refractivity contribution in [3.8, 4) is 0 Å². The summed E-state index contributed by atoms with van der Waals surface area (Å²) in [6.45, 7) is 2.61. The van der Waals surface area contributed by atoms with Crippen molar-refractivity contribution in [1.82, 2.24) is 14.5 Å². The molecule has 7 heteroatoms. The van der Waals surface area contributed by atoms with Crippen LogP contribution in [0.5, 0.6) is 0 Å². The van der Waals surface area contributed by atoms with E-state index in [1.54, 1.807) is 0 Å². The molecule has 6 nitrogen and oxygen atoms in total. The molecule has 3 aromatic rings. The number of aryl methyl sites for hydroxylation is 1. The average Bonchev–Trinajstić information content (AvgIpc) is 2.76. The second-order valence-corrected chi connectivity index (χ2v) is 5.98. The number of benzene rings is 1. The minimum absolute atomic E-state index is 0.228. The van der Waals surface area contributed by atoms with Gasteiger partial charge in [-0.2, -0.15) is 0 Å². The van der Waals surface area contributed by atoms with Crippen LogP contribution in [-0.4, -0.2) is 35.2 Å². The van der Waals surface area contributed by atoms with Gasteiger partial charge in [0.05, 0.1) is 0 Å². The van der Waals surface area contributed by atoms with E-state index >= 15 is 0 Å². The van der Waals surface area contributed by atoms with Crippen LogP contribution in [0.4, 0.5) is 11.6 Å². The number of nitrogens with one attached hydrogen (secondary N) is 1. The van der Waals surface area contributed by atoms with E-state index in [1.807, 2.05) is 23.6 Å². The standard InChI is InChI=1S/C15H15N6Se/c1-8-2-4-9(5-3-8)6-21-13(17)11(14(18)22)10-12(16)19-7-20-15(10)21/h2-5,7,18H,6,17H2,1H3,(H2,16,19,20). The molecular formula is C15H15N6Se. The van der Waals surface area contributed by atoms with Gasteiger partial charge in [0.25, 0.3) is 0 Å². The third-order valence-electron chi connectivity index (χ3n) is 3.60. The fraction of sp³-hybridized carbons (Fsp3) is 0.133. The van der Waals surface area contributed by atoms with Crippen LogP contribution in [-0.2, 0) is 6.54 Å². The Balaban J connectivity index is 2.21. The maximum absolute atomic E-state index is 7.92. The van der Waals surface area contributed by atoms with Crippen LogP contribution in [0, 0.1) is 12.3 Å². The molecule has 0 aliphatic heterocycles.